The largest absolute Gasteiger partial charge is 0.489 e. The molecule has 20 heavy (non-hydrogen) atoms. The van der Waals surface area contributed by atoms with Gasteiger partial charge in [-0.05, 0) is 57.0 Å². The molecular weight excluding hydrogens is 248 g/mol. The van der Waals surface area contributed by atoms with Crippen molar-refractivity contribution in [2.45, 2.75) is 43.6 Å². The highest BCUT2D eigenvalue weighted by Gasteiger charge is 2.37. The fraction of sp³-hybridized carbons (Fsp3) is 0.647. The Hall–Kier alpha value is -1.06. The van der Waals surface area contributed by atoms with E-state index in [1.54, 1.807) is 0 Å². The molecule has 3 nitrogen and oxygen atoms in total. The third kappa shape index (κ3) is 2.70. The predicted molar refractivity (Wildman–Crippen MR) is 82.2 cm³/mol. The Balaban J connectivity index is 1.64. The minimum atomic E-state index is 0.254. The Labute approximate surface area is 122 Å². The molecule has 0 radical (unpaired) electrons. The van der Waals surface area contributed by atoms with Gasteiger partial charge in [-0.25, -0.2) is 0 Å². The van der Waals surface area contributed by atoms with Crippen molar-refractivity contribution in [3.05, 3.63) is 29.8 Å². The minimum Gasteiger partial charge on any atom is -0.489 e. The lowest BCUT2D eigenvalue weighted by Crippen LogP contribution is -2.41. The van der Waals surface area contributed by atoms with Gasteiger partial charge in [0, 0.05) is 18.5 Å². The van der Waals surface area contributed by atoms with Crippen LogP contribution in [0.2, 0.25) is 0 Å². The van der Waals surface area contributed by atoms with E-state index in [4.69, 9.17) is 10.5 Å². The summed E-state index contributed by atoms with van der Waals surface area (Å²) in [5.41, 5.74) is 7.61. The summed E-state index contributed by atoms with van der Waals surface area (Å²) in [6.45, 7) is 2.99. The molecular formula is C17H26N2O. The van der Waals surface area contributed by atoms with Gasteiger partial charge in [0.05, 0.1) is 0 Å². The fourth-order valence-corrected chi connectivity index (χ4v) is 3.51. The van der Waals surface area contributed by atoms with Gasteiger partial charge in [-0.3, -0.25) is 0 Å². The second kappa shape index (κ2) is 5.74. The van der Waals surface area contributed by atoms with Crippen LogP contribution in [0.25, 0.3) is 0 Å². The first-order valence-corrected chi connectivity index (χ1v) is 7.88. The highest BCUT2D eigenvalue weighted by molar-refractivity contribution is 5.34. The Bertz CT molecular complexity index is 433. The quantitative estimate of drug-likeness (QED) is 0.917. The van der Waals surface area contributed by atoms with Gasteiger partial charge in [-0.1, -0.05) is 18.6 Å². The van der Waals surface area contributed by atoms with Crippen LogP contribution in [0.5, 0.6) is 5.75 Å². The molecule has 1 saturated carbocycles. The number of nitrogens with two attached hydrogens (primary N) is 1. The van der Waals surface area contributed by atoms with E-state index in [0.29, 0.717) is 6.10 Å². The molecule has 1 aliphatic carbocycles. The highest BCUT2D eigenvalue weighted by atomic mass is 16.5. The Kier molecular flexibility index (Phi) is 3.99. The molecule has 1 aromatic rings. The SMILES string of the molecule is CN1CCCC(Oc2ccc(C3(CN)CCC3)cc2)C1. The van der Waals surface area contributed by atoms with E-state index >= 15 is 0 Å². The summed E-state index contributed by atoms with van der Waals surface area (Å²) in [7, 11) is 2.17. The molecule has 1 aromatic carbocycles. The van der Waals surface area contributed by atoms with Crippen LogP contribution in [0.1, 0.15) is 37.7 Å². The summed E-state index contributed by atoms with van der Waals surface area (Å²) in [6.07, 6.45) is 6.51. The molecule has 0 amide bonds. The standard InChI is InChI=1S/C17H26N2O/c1-19-11-2-4-16(12-19)20-15-7-5-14(6-8-15)17(13-18)9-3-10-17/h5-8,16H,2-4,9-13,18H2,1H3. The lowest BCUT2D eigenvalue weighted by molar-refractivity contribution is 0.104. The topological polar surface area (TPSA) is 38.5 Å². The number of benzene rings is 1. The highest BCUT2D eigenvalue weighted by Crippen LogP contribution is 2.43. The predicted octanol–water partition coefficient (Wildman–Crippen LogP) is 2.54. The molecule has 3 heteroatoms. The van der Waals surface area contributed by atoms with E-state index in [2.05, 4.69) is 36.2 Å². The van der Waals surface area contributed by atoms with Crippen molar-refractivity contribution in [3.8, 4) is 5.75 Å². The van der Waals surface area contributed by atoms with Crippen LogP contribution in [0.4, 0.5) is 0 Å². The van der Waals surface area contributed by atoms with Crippen LogP contribution >= 0.6 is 0 Å². The van der Waals surface area contributed by atoms with Crippen molar-refractivity contribution < 1.29 is 4.74 Å². The molecule has 0 bridgehead atoms. The lowest BCUT2D eigenvalue weighted by Gasteiger charge is -2.41. The first-order valence-electron chi connectivity index (χ1n) is 7.88. The van der Waals surface area contributed by atoms with E-state index in [0.717, 1.165) is 18.8 Å². The lowest BCUT2D eigenvalue weighted by atomic mass is 9.64. The average Bonchev–Trinajstić information content (AvgIpc) is 2.40. The van der Waals surface area contributed by atoms with E-state index in [1.165, 1.54) is 44.2 Å². The van der Waals surface area contributed by atoms with Gasteiger partial charge >= 0.3 is 0 Å². The molecule has 1 heterocycles. The van der Waals surface area contributed by atoms with E-state index in [9.17, 15) is 0 Å². The summed E-state index contributed by atoms with van der Waals surface area (Å²) < 4.78 is 6.11. The van der Waals surface area contributed by atoms with Crippen molar-refractivity contribution in [3.63, 3.8) is 0 Å². The number of rotatable bonds is 4. The van der Waals surface area contributed by atoms with Gasteiger partial charge < -0.3 is 15.4 Å². The monoisotopic (exact) mass is 274 g/mol. The van der Waals surface area contributed by atoms with E-state index in [-0.39, 0.29) is 5.41 Å². The van der Waals surface area contributed by atoms with Crippen molar-refractivity contribution in [2.75, 3.05) is 26.7 Å². The molecule has 1 unspecified atom stereocenters. The maximum absolute atomic E-state index is 6.11. The van der Waals surface area contributed by atoms with Gasteiger partial charge in [0.1, 0.15) is 11.9 Å². The van der Waals surface area contributed by atoms with Gasteiger partial charge in [0.2, 0.25) is 0 Å². The zero-order valence-corrected chi connectivity index (χ0v) is 12.5. The maximum atomic E-state index is 6.11. The Morgan fingerprint density at radius 1 is 1.25 bits per heavy atom. The smallest absolute Gasteiger partial charge is 0.119 e. The third-order valence-electron chi connectivity index (χ3n) is 5.05. The first kappa shape index (κ1) is 13.9. The molecule has 0 spiro atoms. The maximum Gasteiger partial charge on any atom is 0.119 e. The molecule has 1 saturated heterocycles. The normalized spacial score (nSPS) is 26.0. The van der Waals surface area contributed by atoms with Gasteiger partial charge in [0.15, 0.2) is 0 Å². The second-order valence-corrected chi connectivity index (χ2v) is 6.51. The number of hydrogen-bond acceptors (Lipinski definition) is 3. The number of hydrogen-bond donors (Lipinski definition) is 1. The van der Waals surface area contributed by atoms with Crippen LogP contribution in [-0.4, -0.2) is 37.7 Å². The summed E-state index contributed by atoms with van der Waals surface area (Å²) >= 11 is 0. The van der Waals surface area contributed by atoms with Crippen LogP contribution in [0.15, 0.2) is 24.3 Å². The van der Waals surface area contributed by atoms with Crippen LogP contribution in [-0.2, 0) is 5.41 Å². The molecule has 2 aliphatic rings. The summed E-state index contributed by atoms with van der Waals surface area (Å²) in [5.74, 6) is 1.00. The number of piperidine rings is 1. The number of ether oxygens (including phenoxy) is 1. The van der Waals surface area contributed by atoms with Crippen molar-refractivity contribution in [1.29, 1.82) is 0 Å². The average molecular weight is 274 g/mol. The van der Waals surface area contributed by atoms with Gasteiger partial charge in [0.25, 0.3) is 0 Å². The Morgan fingerprint density at radius 2 is 2.00 bits per heavy atom. The third-order valence-corrected chi connectivity index (χ3v) is 5.05. The van der Waals surface area contributed by atoms with Crippen molar-refractivity contribution in [1.82, 2.24) is 4.90 Å². The van der Waals surface area contributed by atoms with Gasteiger partial charge in [-0.2, -0.15) is 0 Å². The molecule has 2 N–H and O–H groups in total. The van der Waals surface area contributed by atoms with Gasteiger partial charge in [-0.15, -0.1) is 0 Å². The number of nitrogens with zero attached hydrogens (tertiary/aromatic N) is 1. The number of likely N-dealkylation sites (tertiary alicyclic amines) is 1. The van der Waals surface area contributed by atoms with E-state index < -0.39 is 0 Å². The summed E-state index contributed by atoms with van der Waals surface area (Å²) in [6, 6.07) is 8.68. The minimum absolute atomic E-state index is 0.254. The molecule has 110 valence electrons. The Morgan fingerprint density at radius 3 is 2.55 bits per heavy atom. The first-order chi connectivity index (χ1) is 9.72. The molecule has 3 rings (SSSR count). The zero-order chi connectivity index (χ0) is 14.0. The molecule has 1 aliphatic heterocycles. The fourth-order valence-electron chi connectivity index (χ4n) is 3.51. The second-order valence-electron chi connectivity index (χ2n) is 6.51. The molecule has 2 fully saturated rings. The van der Waals surface area contributed by atoms with Crippen LogP contribution in [0.3, 0.4) is 0 Å². The molecule has 1 atom stereocenters. The molecule has 0 aromatic heterocycles. The summed E-state index contributed by atoms with van der Waals surface area (Å²) in [4.78, 5) is 2.35. The van der Waals surface area contributed by atoms with Crippen LogP contribution < -0.4 is 10.5 Å². The zero-order valence-electron chi connectivity index (χ0n) is 12.5. The van der Waals surface area contributed by atoms with Crippen LogP contribution in [0, 0.1) is 0 Å². The van der Waals surface area contributed by atoms with Crippen molar-refractivity contribution in [2.24, 2.45) is 5.73 Å². The summed E-state index contributed by atoms with van der Waals surface area (Å²) in [5, 5.41) is 0. The van der Waals surface area contributed by atoms with E-state index in [1.807, 2.05) is 0 Å². The van der Waals surface area contributed by atoms with Crippen molar-refractivity contribution >= 4 is 0 Å². The number of likely N-dealkylation sites (N-methyl/N-ethyl adjacent to an activating group) is 1.